The maximum Gasteiger partial charge on any atom is 0.234 e. The van der Waals surface area contributed by atoms with Crippen LogP contribution < -0.4 is 10.2 Å². The first-order chi connectivity index (χ1) is 14.2. The Kier molecular flexibility index (Phi) is 6.03. The molecule has 0 unspecified atom stereocenters. The second kappa shape index (κ2) is 8.42. The van der Waals surface area contributed by atoms with E-state index in [1.54, 1.807) is 30.3 Å². The lowest BCUT2D eigenvalue weighted by molar-refractivity contribution is -0.113. The van der Waals surface area contributed by atoms with Crippen LogP contribution in [0.25, 0.3) is 0 Å². The summed E-state index contributed by atoms with van der Waals surface area (Å²) in [4.78, 5) is 19.0. The number of rotatable bonds is 4. The molecule has 1 fully saturated rings. The normalized spacial score (nSPS) is 22.0. The van der Waals surface area contributed by atoms with Crippen LogP contribution in [-0.4, -0.2) is 48.8 Å². The summed E-state index contributed by atoms with van der Waals surface area (Å²) < 4.78 is 24.2. The van der Waals surface area contributed by atoms with Crippen molar-refractivity contribution in [1.82, 2.24) is 0 Å². The number of fused-ring (bicyclic) bond motifs is 1. The Labute approximate surface area is 189 Å². The number of carbonyl (C=O) groups excluding carboxylic acids is 1. The lowest BCUT2D eigenvalue weighted by Crippen LogP contribution is -2.39. The zero-order valence-corrected chi connectivity index (χ0v) is 19.2. The summed E-state index contributed by atoms with van der Waals surface area (Å²) in [6, 6.07) is 11.9. The minimum atomic E-state index is -3.13. The molecule has 2 aliphatic rings. The quantitative estimate of drug-likeness (QED) is 0.710. The maximum absolute atomic E-state index is 12.5. The molecule has 1 amide bonds. The Morgan fingerprint density at radius 3 is 2.67 bits per heavy atom. The van der Waals surface area contributed by atoms with Gasteiger partial charge in [-0.2, -0.15) is 0 Å². The highest BCUT2D eigenvalue weighted by molar-refractivity contribution is 8.14. The molecule has 0 radical (unpaired) electrons. The smallest absolute Gasteiger partial charge is 0.234 e. The van der Waals surface area contributed by atoms with Gasteiger partial charge >= 0.3 is 0 Å². The number of thioether (sulfide) groups is 1. The highest BCUT2D eigenvalue weighted by Gasteiger charge is 2.47. The van der Waals surface area contributed by atoms with Gasteiger partial charge in [0.2, 0.25) is 5.91 Å². The van der Waals surface area contributed by atoms with Gasteiger partial charge in [-0.05, 0) is 48.9 Å². The third-order valence-electron chi connectivity index (χ3n) is 5.09. The highest BCUT2D eigenvalue weighted by Crippen LogP contribution is 2.35. The van der Waals surface area contributed by atoms with E-state index in [-0.39, 0.29) is 35.2 Å². The molecule has 4 rings (SSSR count). The number of amides is 1. The topological polar surface area (TPSA) is 78.8 Å². The maximum atomic E-state index is 12.5. The number of nitrogens with one attached hydrogen (secondary N) is 1. The number of hydrogen-bond acceptors (Lipinski definition) is 6. The first-order valence-corrected chi connectivity index (χ1v) is 12.8. The molecule has 1 N–H and O–H groups in total. The molecular weight excluding hydrogens is 465 g/mol. The van der Waals surface area contributed by atoms with Gasteiger partial charge in [0.1, 0.15) is 0 Å². The molecule has 10 heteroatoms. The van der Waals surface area contributed by atoms with Crippen LogP contribution in [0.3, 0.4) is 0 Å². The molecule has 0 bridgehead atoms. The number of amidine groups is 1. The highest BCUT2D eigenvalue weighted by atomic mass is 35.5. The average Bonchev–Trinajstić information content (AvgIpc) is 3.16. The van der Waals surface area contributed by atoms with Gasteiger partial charge in [0.05, 0.1) is 29.3 Å². The third-order valence-corrected chi connectivity index (χ3v) is 8.41. The van der Waals surface area contributed by atoms with Crippen molar-refractivity contribution >= 4 is 67.3 Å². The van der Waals surface area contributed by atoms with Crippen molar-refractivity contribution in [2.75, 3.05) is 27.5 Å². The Morgan fingerprint density at radius 1 is 1.20 bits per heavy atom. The van der Waals surface area contributed by atoms with Crippen LogP contribution in [0.5, 0.6) is 0 Å². The second-order valence-corrected chi connectivity index (χ2v) is 11.2. The van der Waals surface area contributed by atoms with Crippen molar-refractivity contribution in [3.8, 4) is 0 Å². The fourth-order valence-corrected chi connectivity index (χ4v) is 6.66. The number of halogens is 2. The Balaban J connectivity index is 1.51. The fourth-order valence-electron chi connectivity index (χ4n) is 3.60. The fraction of sp³-hybridized carbons (Fsp3) is 0.300. The average molecular weight is 484 g/mol. The standard InChI is InChI=1S/C20H19Cl2N3O3S2/c1-12-15(22)3-2-4-16(12)23-19(26)9-29-20-24-17-10-30(27,28)11-18(17)25(20)14-7-5-13(21)6-8-14/h2-8,17-18H,9-11H2,1H3,(H,23,26)/t17-,18-/m0/s1. The van der Waals surface area contributed by atoms with E-state index in [1.807, 2.05) is 24.0 Å². The van der Waals surface area contributed by atoms with E-state index in [1.165, 1.54) is 11.8 Å². The van der Waals surface area contributed by atoms with E-state index < -0.39 is 9.84 Å². The van der Waals surface area contributed by atoms with Crippen molar-refractivity contribution in [1.29, 1.82) is 0 Å². The predicted molar refractivity (Wildman–Crippen MR) is 125 cm³/mol. The predicted octanol–water partition coefficient (Wildman–Crippen LogP) is 4.02. The zero-order chi connectivity index (χ0) is 21.5. The van der Waals surface area contributed by atoms with E-state index in [4.69, 9.17) is 23.2 Å². The molecule has 158 valence electrons. The number of anilines is 2. The molecule has 2 aromatic carbocycles. The molecule has 2 heterocycles. The molecule has 2 aromatic rings. The summed E-state index contributed by atoms with van der Waals surface area (Å²) >= 11 is 13.4. The first-order valence-electron chi connectivity index (χ1n) is 9.24. The van der Waals surface area contributed by atoms with Crippen LogP contribution in [0.1, 0.15) is 5.56 Å². The van der Waals surface area contributed by atoms with E-state index in [0.717, 1.165) is 11.3 Å². The van der Waals surface area contributed by atoms with Crippen molar-refractivity contribution < 1.29 is 13.2 Å². The molecular formula is C20H19Cl2N3O3S2. The van der Waals surface area contributed by atoms with Crippen LogP contribution in [0.4, 0.5) is 11.4 Å². The molecule has 0 saturated carbocycles. The summed E-state index contributed by atoms with van der Waals surface area (Å²) in [7, 11) is -3.13. The van der Waals surface area contributed by atoms with E-state index in [9.17, 15) is 13.2 Å². The molecule has 2 atom stereocenters. The van der Waals surface area contributed by atoms with Gasteiger partial charge in [-0.1, -0.05) is 41.0 Å². The van der Waals surface area contributed by atoms with Gasteiger partial charge in [-0.3, -0.25) is 9.79 Å². The molecule has 2 aliphatic heterocycles. The zero-order valence-electron chi connectivity index (χ0n) is 16.0. The Bertz CT molecular complexity index is 1120. The minimum Gasteiger partial charge on any atom is -0.325 e. The molecule has 0 aliphatic carbocycles. The van der Waals surface area contributed by atoms with Crippen LogP contribution in [0.2, 0.25) is 10.0 Å². The van der Waals surface area contributed by atoms with Crippen molar-refractivity contribution in [3.63, 3.8) is 0 Å². The Hall–Kier alpha value is -1.74. The summed E-state index contributed by atoms with van der Waals surface area (Å²) in [6.07, 6.45) is 0. The van der Waals surface area contributed by atoms with E-state index >= 15 is 0 Å². The van der Waals surface area contributed by atoms with Gasteiger partial charge in [-0.25, -0.2) is 8.42 Å². The summed E-state index contributed by atoms with van der Waals surface area (Å²) in [5.41, 5.74) is 2.28. The van der Waals surface area contributed by atoms with E-state index in [0.29, 0.717) is 20.9 Å². The number of benzene rings is 2. The number of nitrogens with zero attached hydrogens (tertiary/aromatic N) is 2. The lowest BCUT2D eigenvalue weighted by Gasteiger charge is -2.26. The van der Waals surface area contributed by atoms with Gasteiger partial charge in [-0.15, -0.1) is 0 Å². The lowest BCUT2D eigenvalue weighted by atomic mass is 10.1. The molecule has 1 saturated heterocycles. The van der Waals surface area contributed by atoms with E-state index in [2.05, 4.69) is 10.3 Å². The third kappa shape index (κ3) is 4.46. The largest absolute Gasteiger partial charge is 0.325 e. The van der Waals surface area contributed by atoms with Crippen molar-refractivity contribution in [2.24, 2.45) is 4.99 Å². The number of hydrogen-bond donors (Lipinski definition) is 1. The second-order valence-electron chi connectivity index (χ2n) is 7.22. The summed E-state index contributed by atoms with van der Waals surface area (Å²) in [5.74, 6) is 0.0246. The van der Waals surface area contributed by atoms with Crippen LogP contribution in [-0.2, 0) is 14.6 Å². The van der Waals surface area contributed by atoms with Gasteiger partial charge < -0.3 is 10.2 Å². The van der Waals surface area contributed by atoms with Gasteiger partial charge in [0.25, 0.3) is 0 Å². The van der Waals surface area contributed by atoms with Crippen LogP contribution in [0, 0.1) is 6.92 Å². The molecule has 30 heavy (non-hydrogen) atoms. The number of carbonyl (C=O) groups is 1. The summed E-state index contributed by atoms with van der Waals surface area (Å²) in [5, 5.41) is 4.69. The monoisotopic (exact) mass is 483 g/mol. The van der Waals surface area contributed by atoms with Crippen LogP contribution in [0.15, 0.2) is 47.5 Å². The summed E-state index contributed by atoms with van der Waals surface area (Å²) in [6.45, 7) is 1.84. The number of sulfone groups is 1. The molecule has 6 nitrogen and oxygen atoms in total. The van der Waals surface area contributed by atoms with Gasteiger partial charge in [0.15, 0.2) is 15.0 Å². The number of aliphatic imine (C=N–C) groups is 1. The van der Waals surface area contributed by atoms with Gasteiger partial charge in [0, 0.05) is 21.4 Å². The minimum absolute atomic E-state index is 0.0275. The SMILES string of the molecule is Cc1c(Cl)cccc1NC(=O)CSC1=N[C@H]2CS(=O)(=O)C[C@@H]2N1c1ccc(Cl)cc1. The van der Waals surface area contributed by atoms with Crippen LogP contribution >= 0.6 is 35.0 Å². The first kappa shape index (κ1) is 21.5. The Morgan fingerprint density at radius 2 is 1.93 bits per heavy atom. The van der Waals surface area contributed by atoms with Crippen molar-refractivity contribution in [2.45, 2.75) is 19.0 Å². The molecule has 0 spiro atoms. The van der Waals surface area contributed by atoms with Crippen molar-refractivity contribution in [3.05, 3.63) is 58.1 Å². The molecule has 0 aromatic heterocycles.